The molecule has 23 heavy (non-hydrogen) atoms. The summed E-state index contributed by atoms with van der Waals surface area (Å²) in [6, 6.07) is 4.10. The van der Waals surface area contributed by atoms with Crippen LogP contribution in [0.15, 0.2) is 47.7 Å². The number of hydrogen-bond donors (Lipinski definition) is 1. The highest BCUT2D eigenvalue weighted by molar-refractivity contribution is 6.02. The number of carbonyl (C=O) groups is 1. The molecule has 3 rings (SSSR count). The van der Waals surface area contributed by atoms with Crippen molar-refractivity contribution in [2.45, 2.75) is 0 Å². The fourth-order valence-corrected chi connectivity index (χ4v) is 2.12. The minimum Gasteiger partial charge on any atom is -0.459 e. The number of aromatic nitrogens is 2. The van der Waals surface area contributed by atoms with Crippen LogP contribution in [0.5, 0.6) is 0 Å². The molecule has 118 valence electrons. The smallest absolute Gasteiger partial charge is 0.361 e. The zero-order valence-corrected chi connectivity index (χ0v) is 12.2. The maximum Gasteiger partial charge on any atom is 0.361 e. The number of furan rings is 1. The number of rotatable bonds is 2. The molecule has 0 aliphatic heterocycles. The third-order valence-corrected chi connectivity index (χ3v) is 3.34. The van der Waals surface area contributed by atoms with Gasteiger partial charge in [0.1, 0.15) is 11.1 Å². The highest BCUT2D eigenvalue weighted by atomic mass is 16.4. The number of carbonyl (C=O) groups excluding carboxylic acids is 1. The first-order valence-corrected chi connectivity index (χ1v) is 6.49. The van der Waals surface area contributed by atoms with Gasteiger partial charge in [0.25, 0.3) is 11.5 Å². The lowest BCUT2D eigenvalue weighted by atomic mass is 10.3. The molecule has 0 radical (unpaired) electrons. The fraction of sp³-hybridized carbons (Fsp3) is 0.143. The highest BCUT2D eigenvalue weighted by Crippen LogP contribution is 2.11. The molecule has 0 atom stereocenters. The number of nitrogens with zero attached hydrogens (tertiary/aromatic N) is 2. The van der Waals surface area contributed by atoms with E-state index in [1.54, 1.807) is 0 Å². The number of hydrogen-bond acceptors (Lipinski definition) is 6. The van der Waals surface area contributed by atoms with Gasteiger partial charge in [-0.2, -0.15) is 0 Å². The molecule has 0 unspecified atom stereocenters. The fourth-order valence-electron chi connectivity index (χ4n) is 2.12. The van der Waals surface area contributed by atoms with Gasteiger partial charge in [-0.3, -0.25) is 18.7 Å². The number of aryl methyl sites for hydroxylation is 1. The molecule has 0 aliphatic carbocycles. The SMILES string of the molecule is Cn1c(=O)c2cc(NC(=O)c3ccco3)c(=O)oc2n(C)c1=O. The molecule has 3 aromatic rings. The van der Waals surface area contributed by atoms with Crippen molar-refractivity contribution in [2.75, 3.05) is 5.32 Å². The van der Waals surface area contributed by atoms with Crippen molar-refractivity contribution in [1.82, 2.24) is 9.13 Å². The second-order valence-electron chi connectivity index (χ2n) is 4.80. The Labute approximate surface area is 127 Å². The molecule has 0 aliphatic rings. The number of nitrogens with one attached hydrogen (secondary N) is 1. The number of amides is 1. The largest absolute Gasteiger partial charge is 0.459 e. The zero-order chi connectivity index (χ0) is 16.7. The van der Waals surface area contributed by atoms with Crippen LogP contribution in [0.3, 0.4) is 0 Å². The van der Waals surface area contributed by atoms with Gasteiger partial charge in [-0.1, -0.05) is 0 Å². The molecule has 0 aromatic carbocycles. The van der Waals surface area contributed by atoms with E-state index in [1.807, 2.05) is 0 Å². The lowest BCUT2D eigenvalue weighted by Crippen LogP contribution is -2.37. The Hall–Kier alpha value is -3.36. The Morgan fingerprint density at radius 3 is 2.57 bits per heavy atom. The van der Waals surface area contributed by atoms with Crippen LogP contribution in [0.2, 0.25) is 0 Å². The van der Waals surface area contributed by atoms with Gasteiger partial charge in [0.05, 0.1) is 6.26 Å². The van der Waals surface area contributed by atoms with Gasteiger partial charge in [0.2, 0.25) is 5.71 Å². The highest BCUT2D eigenvalue weighted by Gasteiger charge is 2.17. The lowest BCUT2D eigenvalue weighted by molar-refractivity contribution is 0.0996. The van der Waals surface area contributed by atoms with Gasteiger partial charge in [-0.25, -0.2) is 9.59 Å². The molecule has 1 amide bonds. The van der Waals surface area contributed by atoms with Crippen molar-refractivity contribution in [2.24, 2.45) is 14.1 Å². The second-order valence-corrected chi connectivity index (χ2v) is 4.80. The van der Waals surface area contributed by atoms with Crippen LogP contribution in [0.4, 0.5) is 5.69 Å². The monoisotopic (exact) mass is 317 g/mol. The minimum atomic E-state index is -0.888. The summed E-state index contributed by atoms with van der Waals surface area (Å²) in [5.41, 5.74) is -2.55. The average Bonchev–Trinajstić information content (AvgIpc) is 3.07. The van der Waals surface area contributed by atoms with E-state index >= 15 is 0 Å². The van der Waals surface area contributed by atoms with Gasteiger partial charge in [0.15, 0.2) is 5.76 Å². The topological polar surface area (TPSA) is 116 Å². The van der Waals surface area contributed by atoms with Crippen LogP contribution in [-0.4, -0.2) is 15.0 Å². The van der Waals surface area contributed by atoms with E-state index in [1.165, 1.54) is 38.6 Å². The zero-order valence-electron chi connectivity index (χ0n) is 12.2. The lowest BCUT2D eigenvalue weighted by Gasteiger charge is -2.07. The molecule has 9 nitrogen and oxygen atoms in total. The van der Waals surface area contributed by atoms with Gasteiger partial charge >= 0.3 is 11.3 Å². The van der Waals surface area contributed by atoms with E-state index in [9.17, 15) is 19.2 Å². The van der Waals surface area contributed by atoms with E-state index in [2.05, 4.69) is 5.32 Å². The first kappa shape index (κ1) is 14.6. The van der Waals surface area contributed by atoms with Gasteiger partial charge in [-0.05, 0) is 18.2 Å². The molecule has 3 heterocycles. The molecule has 3 aromatic heterocycles. The summed E-state index contributed by atoms with van der Waals surface area (Å²) < 4.78 is 11.8. The Bertz CT molecular complexity index is 1080. The molecule has 0 spiro atoms. The second kappa shape index (κ2) is 5.13. The predicted molar refractivity (Wildman–Crippen MR) is 79.6 cm³/mol. The predicted octanol–water partition coefficient (Wildman–Crippen LogP) is 0.0357. The van der Waals surface area contributed by atoms with Crippen molar-refractivity contribution < 1.29 is 13.6 Å². The Kier molecular flexibility index (Phi) is 3.25. The normalized spacial score (nSPS) is 10.9. The summed E-state index contributed by atoms with van der Waals surface area (Å²) in [5, 5.41) is 2.30. The summed E-state index contributed by atoms with van der Waals surface area (Å²) in [4.78, 5) is 47.8. The molecule has 0 fully saturated rings. The Balaban J connectivity index is 2.19. The van der Waals surface area contributed by atoms with E-state index in [-0.39, 0.29) is 22.5 Å². The third kappa shape index (κ3) is 2.27. The number of anilines is 1. The van der Waals surface area contributed by atoms with Crippen LogP contribution in [0.1, 0.15) is 10.6 Å². The Morgan fingerprint density at radius 1 is 1.17 bits per heavy atom. The summed E-state index contributed by atoms with van der Waals surface area (Å²) in [7, 11) is 2.67. The van der Waals surface area contributed by atoms with Crippen LogP contribution < -0.4 is 22.2 Å². The first-order chi connectivity index (χ1) is 10.9. The van der Waals surface area contributed by atoms with Gasteiger partial charge < -0.3 is 14.2 Å². The molecule has 1 N–H and O–H groups in total. The van der Waals surface area contributed by atoms with E-state index in [4.69, 9.17) is 8.83 Å². The van der Waals surface area contributed by atoms with Crippen molar-refractivity contribution in [3.05, 3.63) is 61.5 Å². The summed E-state index contributed by atoms with van der Waals surface area (Å²) in [5.74, 6) is -0.666. The van der Waals surface area contributed by atoms with Crippen LogP contribution >= 0.6 is 0 Å². The van der Waals surface area contributed by atoms with Crippen molar-refractivity contribution >= 4 is 22.7 Å². The maximum atomic E-state index is 12.1. The van der Waals surface area contributed by atoms with E-state index in [0.29, 0.717) is 0 Å². The average molecular weight is 317 g/mol. The van der Waals surface area contributed by atoms with E-state index in [0.717, 1.165) is 9.13 Å². The minimum absolute atomic E-state index is 0.00198. The molecule has 0 bridgehead atoms. The van der Waals surface area contributed by atoms with Gasteiger partial charge in [0, 0.05) is 14.1 Å². The van der Waals surface area contributed by atoms with E-state index < -0.39 is 22.8 Å². The van der Waals surface area contributed by atoms with Crippen LogP contribution in [0, 0.1) is 0 Å². The molecule has 0 saturated carbocycles. The summed E-state index contributed by atoms with van der Waals surface area (Å²) in [6.45, 7) is 0. The molecular formula is C14H11N3O6. The Morgan fingerprint density at radius 2 is 1.91 bits per heavy atom. The van der Waals surface area contributed by atoms with Crippen LogP contribution in [0.25, 0.3) is 11.1 Å². The first-order valence-electron chi connectivity index (χ1n) is 6.49. The summed E-state index contributed by atoms with van der Waals surface area (Å²) >= 11 is 0. The van der Waals surface area contributed by atoms with Crippen molar-refractivity contribution in [1.29, 1.82) is 0 Å². The van der Waals surface area contributed by atoms with Crippen LogP contribution in [-0.2, 0) is 14.1 Å². The standard InChI is InChI=1S/C14H11N3O6/c1-16-11(19)7-6-8(15-10(18)9-4-3-5-22-9)13(20)23-12(7)17(2)14(16)21/h3-6H,1-2H3,(H,15,18). The number of fused-ring (bicyclic) bond motifs is 1. The molecule has 9 heteroatoms. The van der Waals surface area contributed by atoms with Crippen molar-refractivity contribution in [3.63, 3.8) is 0 Å². The third-order valence-electron chi connectivity index (χ3n) is 3.34. The van der Waals surface area contributed by atoms with Gasteiger partial charge in [-0.15, -0.1) is 0 Å². The molecular weight excluding hydrogens is 306 g/mol. The molecule has 0 saturated heterocycles. The quantitative estimate of drug-likeness (QED) is 0.713. The van der Waals surface area contributed by atoms with Crippen molar-refractivity contribution in [3.8, 4) is 0 Å². The maximum absolute atomic E-state index is 12.1. The summed E-state index contributed by atoms with van der Waals surface area (Å²) in [6.07, 6.45) is 1.31.